The van der Waals surface area contributed by atoms with Crippen molar-refractivity contribution in [3.63, 3.8) is 0 Å². The van der Waals surface area contributed by atoms with Gasteiger partial charge in [-0.25, -0.2) is 9.97 Å². The van der Waals surface area contributed by atoms with Gasteiger partial charge in [-0.15, -0.1) is 0 Å². The van der Waals surface area contributed by atoms with Crippen molar-refractivity contribution in [1.82, 2.24) is 14.9 Å². The summed E-state index contributed by atoms with van der Waals surface area (Å²) in [4.78, 5) is 27.1. The number of aromatic nitrogens is 2. The Hall–Kier alpha value is -2.43. The number of amides is 1. The van der Waals surface area contributed by atoms with E-state index in [1.807, 2.05) is 17.0 Å². The molecular weight excluding hydrogens is 360 g/mol. The summed E-state index contributed by atoms with van der Waals surface area (Å²) in [7, 11) is 2.10. The molecule has 0 bridgehead atoms. The lowest BCUT2D eigenvalue weighted by atomic mass is 9.94. The maximum Gasteiger partial charge on any atom is 0.259 e. The van der Waals surface area contributed by atoms with Crippen LogP contribution in [0.25, 0.3) is 11.4 Å². The predicted octanol–water partition coefficient (Wildman–Crippen LogP) is 4.85. The van der Waals surface area contributed by atoms with E-state index >= 15 is 0 Å². The Bertz CT molecular complexity index is 854. The first-order valence-electron chi connectivity index (χ1n) is 11.1. The highest BCUT2D eigenvalue weighted by molar-refractivity contribution is 5.99. The van der Waals surface area contributed by atoms with Gasteiger partial charge in [-0.05, 0) is 45.1 Å². The number of anilines is 1. The molecule has 1 aliphatic heterocycles. The second-order valence-corrected chi connectivity index (χ2v) is 8.56. The summed E-state index contributed by atoms with van der Waals surface area (Å²) in [6, 6.07) is 8.69. The van der Waals surface area contributed by atoms with Crippen LogP contribution in [0.15, 0.2) is 30.5 Å². The lowest BCUT2D eigenvalue weighted by molar-refractivity contribution is 0.0724. The highest BCUT2D eigenvalue weighted by Gasteiger charge is 2.27. The summed E-state index contributed by atoms with van der Waals surface area (Å²) in [5.41, 5.74) is 2.83. The minimum absolute atomic E-state index is 0.0816. The van der Waals surface area contributed by atoms with E-state index in [2.05, 4.69) is 36.0 Å². The van der Waals surface area contributed by atoms with Gasteiger partial charge in [-0.3, -0.25) is 4.79 Å². The zero-order valence-electron chi connectivity index (χ0n) is 17.7. The first-order valence-corrected chi connectivity index (χ1v) is 11.1. The normalized spacial score (nSPS) is 17.9. The van der Waals surface area contributed by atoms with Crippen LogP contribution in [0.1, 0.15) is 67.3 Å². The van der Waals surface area contributed by atoms with Crippen molar-refractivity contribution in [2.24, 2.45) is 0 Å². The van der Waals surface area contributed by atoms with Crippen molar-refractivity contribution in [3.05, 3.63) is 41.6 Å². The van der Waals surface area contributed by atoms with E-state index in [9.17, 15) is 4.79 Å². The maximum atomic E-state index is 13.3. The molecule has 1 aromatic heterocycles. The Morgan fingerprint density at radius 3 is 2.52 bits per heavy atom. The van der Waals surface area contributed by atoms with Gasteiger partial charge in [-0.1, -0.05) is 43.0 Å². The highest BCUT2D eigenvalue weighted by atomic mass is 16.2. The molecule has 4 rings (SSSR count). The largest absolute Gasteiger partial charge is 0.356 e. The molecule has 0 N–H and O–H groups in total. The van der Waals surface area contributed by atoms with Gasteiger partial charge in [0.1, 0.15) is 11.4 Å². The summed E-state index contributed by atoms with van der Waals surface area (Å²) in [6.45, 7) is 3.75. The van der Waals surface area contributed by atoms with E-state index in [-0.39, 0.29) is 5.91 Å². The molecule has 0 atom stereocenters. The average Bonchev–Trinajstić information content (AvgIpc) is 2.79. The van der Waals surface area contributed by atoms with Crippen LogP contribution in [0.3, 0.4) is 0 Å². The fourth-order valence-electron chi connectivity index (χ4n) is 4.62. The number of hydrogen-bond donors (Lipinski definition) is 0. The van der Waals surface area contributed by atoms with Gasteiger partial charge in [0, 0.05) is 37.9 Å². The van der Waals surface area contributed by atoms with Crippen molar-refractivity contribution in [2.45, 2.75) is 64.3 Å². The lowest BCUT2D eigenvalue weighted by Gasteiger charge is -2.34. The first-order chi connectivity index (χ1) is 14.1. The van der Waals surface area contributed by atoms with Crippen LogP contribution in [0.2, 0.25) is 0 Å². The minimum Gasteiger partial charge on any atom is -0.356 e. The van der Waals surface area contributed by atoms with Crippen molar-refractivity contribution < 1.29 is 4.79 Å². The summed E-state index contributed by atoms with van der Waals surface area (Å²) in [6.07, 6.45) is 11.3. The molecule has 2 heterocycles. The van der Waals surface area contributed by atoms with Crippen LogP contribution < -0.4 is 4.90 Å². The van der Waals surface area contributed by atoms with Crippen LogP contribution in [0.5, 0.6) is 0 Å². The zero-order chi connectivity index (χ0) is 20.2. The van der Waals surface area contributed by atoms with Crippen LogP contribution >= 0.6 is 0 Å². The number of benzene rings is 1. The molecule has 29 heavy (non-hydrogen) atoms. The molecule has 1 saturated heterocycles. The average molecular weight is 393 g/mol. The molecule has 2 aliphatic rings. The Kier molecular flexibility index (Phi) is 6.12. The van der Waals surface area contributed by atoms with Gasteiger partial charge in [0.2, 0.25) is 0 Å². The number of hydrogen-bond acceptors (Lipinski definition) is 4. The molecule has 2 fully saturated rings. The molecule has 1 saturated carbocycles. The number of rotatable bonds is 4. The van der Waals surface area contributed by atoms with E-state index in [4.69, 9.17) is 4.98 Å². The Labute approximate surface area is 174 Å². The van der Waals surface area contributed by atoms with Gasteiger partial charge < -0.3 is 9.80 Å². The number of nitrogens with zero attached hydrogens (tertiary/aromatic N) is 4. The quantitative estimate of drug-likeness (QED) is 0.746. The smallest absolute Gasteiger partial charge is 0.259 e. The van der Waals surface area contributed by atoms with Crippen molar-refractivity contribution in [1.29, 1.82) is 0 Å². The van der Waals surface area contributed by atoms with Gasteiger partial charge >= 0.3 is 0 Å². The second kappa shape index (κ2) is 8.93. The summed E-state index contributed by atoms with van der Waals surface area (Å²) < 4.78 is 0. The molecule has 2 aromatic rings. The first kappa shape index (κ1) is 19.9. The minimum atomic E-state index is 0.0816. The van der Waals surface area contributed by atoms with Gasteiger partial charge in [0.25, 0.3) is 5.91 Å². The summed E-state index contributed by atoms with van der Waals surface area (Å²) in [5.74, 6) is 1.57. The number of likely N-dealkylation sites (tertiary alicyclic amines) is 1. The monoisotopic (exact) mass is 392 g/mol. The molecule has 154 valence electrons. The highest BCUT2D eigenvalue weighted by Crippen LogP contribution is 2.30. The fraction of sp³-hybridized carbons (Fsp3) is 0.542. The van der Waals surface area contributed by atoms with Gasteiger partial charge in [-0.2, -0.15) is 0 Å². The molecule has 0 radical (unpaired) electrons. The van der Waals surface area contributed by atoms with Crippen molar-refractivity contribution in [2.75, 3.05) is 25.0 Å². The summed E-state index contributed by atoms with van der Waals surface area (Å²) in [5, 5.41) is 0. The van der Waals surface area contributed by atoms with Gasteiger partial charge in [0.05, 0.1) is 0 Å². The third-order valence-electron chi connectivity index (χ3n) is 6.38. The fourth-order valence-corrected chi connectivity index (χ4v) is 4.62. The summed E-state index contributed by atoms with van der Waals surface area (Å²) >= 11 is 0. The van der Waals surface area contributed by atoms with Gasteiger partial charge in [0.15, 0.2) is 5.82 Å². The second-order valence-electron chi connectivity index (χ2n) is 8.56. The third kappa shape index (κ3) is 4.44. The molecule has 5 heteroatoms. The molecule has 1 aliphatic carbocycles. The Morgan fingerprint density at radius 1 is 1.07 bits per heavy atom. The molecular formula is C24H32N4O. The SMILES string of the molecule is Cc1cccc(-c2ncc(C(=O)N3CCCCC3)c(N(C)C3CCCCC3)n2)c1. The number of carbonyl (C=O) groups excluding carboxylic acids is 1. The van der Waals surface area contributed by atoms with Crippen LogP contribution in [-0.2, 0) is 0 Å². The zero-order valence-corrected chi connectivity index (χ0v) is 17.7. The molecule has 1 amide bonds. The van der Waals surface area contributed by atoms with Crippen molar-refractivity contribution >= 4 is 11.7 Å². The van der Waals surface area contributed by atoms with Crippen molar-refractivity contribution in [3.8, 4) is 11.4 Å². The van der Waals surface area contributed by atoms with Crippen LogP contribution in [0, 0.1) is 6.92 Å². The van der Waals surface area contributed by atoms with Crippen LogP contribution in [-0.4, -0.2) is 47.0 Å². The molecule has 0 spiro atoms. The van der Waals surface area contributed by atoms with E-state index < -0.39 is 0 Å². The van der Waals surface area contributed by atoms with Crippen LogP contribution in [0.4, 0.5) is 5.82 Å². The standard InChI is InChI=1S/C24H32N4O/c1-18-10-9-11-19(16-18)22-25-17-21(24(29)28-14-7-4-8-15-28)23(26-22)27(2)20-12-5-3-6-13-20/h9-11,16-17,20H,3-8,12-15H2,1-2H3. The number of carbonyl (C=O) groups is 1. The topological polar surface area (TPSA) is 49.3 Å². The molecule has 0 unspecified atom stereocenters. The predicted molar refractivity (Wildman–Crippen MR) is 117 cm³/mol. The number of aryl methyl sites for hydroxylation is 1. The maximum absolute atomic E-state index is 13.3. The Balaban J connectivity index is 1.71. The van der Waals surface area contributed by atoms with E-state index in [1.165, 1.54) is 31.2 Å². The lowest BCUT2D eigenvalue weighted by Crippen LogP contribution is -2.39. The van der Waals surface area contributed by atoms with E-state index in [0.717, 1.165) is 50.2 Å². The number of piperidine rings is 1. The Morgan fingerprint density at radius 2 is 1.79 bits per heavy atom. The molecule has 5 nitrogen and oxygen atoms in total. The van der Waals surface area contributed by atoms with E-state index in [1.54, 1.807) is 6.20 Å². The third-order valence-corrected chi connectivity index (χ3v) is 6.38. The molecule has 1 aromatic carbocycles. The van der Waals surface area contributed by atoms with E-state index in [0.29, 0.717) is 17.4 Å².